The van der Waals surface area contributed by atoms with E-state index in [9.17, 15) is 0 Å². The van der Waals surface area contributed by atoms with Crippen LogP contribution in [0.5, 0.6) is 11.8 Å². The normalized spacial score (nSPS) is 10.9. The van der Waals surface area contributed by atoms with Crippen molar-refractivity contribution in [3.63, 3.8) is 0 Å². The maximum absolute atomic E-state index is 5.68. The van der Waals surface area contributed by atoms with Crippen molar-refractivity contribution in [1.82, 2.24) is 19.7 Å². The van der Waals surface area contributed by atoms with Crippen LogP contribution >= 0.6 is 11.8 Å². The molecule has 0 unspecified atom stereocenters. The van der Waals surface area contributed by atoms with Gasteiger partial charge in [-0.2, -0.15) is 5.10 Å². The van der Waals surface area contributed by atoms with Gasteiger partial charge in [-0.3, -0.25) is 0 Å². The molecule has 2 aromatic heterocycles. The van der Waals surface area contributed by atoms with Gasteiger partial charge < -0.3 is 4.74 Å². The third kappa shape index (κ3) is 2.83. The van der Waals surface area contributed by atoms with Gasteiger partial charge in [0.1, 0.15) is 5.75 Å². The average Bonchev–Trinajstić information content (AvgIpc) is 3.07. The van der Waals surface area contributed by atoms with Crippen molar-refractivity contribution in [2.24, 2.45) is 0 Å². The number of fused-ring (bicyclic) bond motifs is 1. The molecule has 4 rings (SSSR count). The Morgan fingerprint density at radius 2 is 1.67 bits per heavy atom. The van der Waals surface area contributed by atoms with Crippen molar-refractivity contribution in [1.29, 1.82) is 0 Å². The Labute approximate surface area is 143 Å². The Bertz CT molecular complexity index is 964. The smallest absolute Gasteiger partial charge is 0.321 e. The van der Waals surface area contributed by atoms with Gasteiger partial charge in [0, 0.05) is 22.7 Å². The van der Waals surface area contributed by atoms with Gasteiger partial charge in [-0.1, -0.05) is 18.2 Å². The van der Waals surface area contributed by atoms with E-state index in [0.29, 0.717) is 11.8 Å². The van der Waals surface area contributed by atoms with Crippen LogP contribution in [-0.2, 0) is 0 Å². The molecule has 24 heavy (non-hydrogen) atoms. The number of nitrogens with zero attached hydrogens (tertiary/aromatic N) is 4. The number of para-hydroxylation sites is 1. The molecule has 5 nitrogen and oxygen atoms in total. The minimum atomic E-state index is 0.338. The Kier molecular flexibility index (Phi) is 3.88. The predicted molar refractivity (Wildman–Crippen MR) is 95.0 cm³/mol. The standard InChI is InChI=1S/C18H14N4OS/c1-24-16-11-19-18(20-12-16)23-15-8-6-14(7-9-15)22-17-5-3-2-4-13(17)10-21-22/h2-12H,1H3. The monoisotopic (exact) mass is 334 g/mol. The summed E-state index contributed by atoms with van der Waals surface area (Å²) in [6, 6.07) is 16.1. The Morgan fingerprint density at radius 1 is 0.917 bits per heavy atom. The zero-order valence-electron chi connectivity index (χ0n) is 13.0. The topological polar surface area (TPSA) is 52.8 Å². The summed E-state index contributed by atoms with van der Waals surface area (Å²) in [5.74, 6) is 0.687. The van der Waals surface area contributed by atoms with Crippen molar-refractivity contribution >= 4 is 22.7 Å². The molecule has 0 fully saturated rings. The number of rotatable bonds is 4. The quantitative estimate of drug-likeness (QED) is 0.520. The van der Waals surface area contributed by atoms with Crippen molar-refractivity contribution in [2.45, 2.75) is 4.90 Å². The molecule has 0 aliphatic rings. The number of thioether (sulfide) groups is 1. The molecule has 0 bridgehead atoms. The Balaban J connectivity index is 1.58. The predicted octanol–water partition coefficient (Wildman–Crippen LogP) is 4.33. The fourth-order valence-corrected chi connectivity index (χ4v) is 2.72. The zero-order valence-corrected chi connectivity index (χ0v) is 13.8. The number of aromatic nitrogens is 4. The highest BCUT2D eigenvalue weighted by molar-refractivity contribution is 7.98. The van der Waals surface area contributed by atoms with Crippen LogP contribution in [0.1, 0.15) is 0 Å². The summed E-state index contributed by atoms with van der Waals surface area (Å²) in [6.07, 6.45) is 7.34. The molecule has 6 heteroatoms. The SMILES string of the molecule is CSc1cnc(Oc2ccc(-n3ncc4ccccc43)cc2)nc1. The molecular formula is C18H14N4OS. The maximum atomic E-state index is 5.68. The second-order valence-electron chi connectivity index (χ2n) is 5.12. The molecule has 0 N–H and O–H groups in total. The van der Waals surface area contributed by atoms with Gasteiger partial charge in [0.25, 0.3) is 0 Å². The summed E-state index contributed by atoms with van der Waals surface area (Å²) in [7, 11) is 0. The van der Waals surface area contributed by atoms with E-state index >= 15 is 0 Å². The van der Waals surface area contributed by atoms with Crippen LogP contribution in [0.25, 0.3) is 16.6 Å². The van der Waals surface area contributed by atoms with Crippen molar-refractivity contribution in [2.75, 3.05) is 6.26 Å². The van der Waals surface area contributed by atoms with Gasteiger partial charge in [-0.15, -0.1) is 11.8 Å². The van der Waals surface area contributed by atoms with Crippen LogP contribution in [0.2, 0.25) is 0 Å². The molecule has 0 atom stereocenters. The van der Waals surface area contributed by atoms with Crippen LogP contribution in [0.15, 0.2) is 72.0 Å². The number of hydrogen-bond donors (Lipinski definition) is 0. The summed E-state index contributed by atoms with van der Waals surface area (Å²) in [6.45, 7) is 0. The lowest BCUT2D eigenvalue weighted by molar-refractivity contribution is 0.440. The fourth-order valence-electron chi connectivity index (χ4n) is 2.40. The zero-order chi connectivity index (χ0) is 16.4. The van der Waals surface area contributed by atoms with Crippen LogP contribution < -0.4 is 4.74 Å². The first-order valence-corrected chi connectivity index (χ1v) is 8.63. The van der Waals surface area contributed by atoms with E-state index in [0.717, 1.165) is 21.5 Å². The molecule has 0 aliphatic heterocycles. The number of ether oxygens (including phenoxy) is 1. The van der Waals surface area contributed by atoms with E-state index in [1.54, 1.807) is 24.2 Å². The van der Waals surface area contributed by atoms with E-state index in [2.05, 4.69) is 15.1 Å². The molecule has 0 spiro atoms. The Hall–Kier alpha value is -2.86. The Morgan fingerprint density at radius 3 is 2.42 bits per heavy atom. The lowest BCUT2D eigenvalue weighted by atomic mass is 10.2. The van der Waals surface area contributed by atoms with Gasteiger partial charge in [0.2, 0.25) is 0 Å². The summed E-state index contributed by atoms with van der Waals surface area (Å²) in [5.41, 5.74) is 2.05. The first kappa shape index (κ1) is 14.7. The molecule has 0 saturated heterocycles. The third-order valence-electron chi connectivity index (χ3n) is 3.61. The van der Waals surface area contributed by atoms with Crippen molar-refractivity contribution < 1.29 is 4.74 Å². The lowest BCUT2D eigenvalue weighted by Gasteiger charge is -2.06. The summed E-state index contributed by atoms with van der Waals surface area (Å²) >= 11 is 1.59. The van der Waals surface area contributed by atoms with Gasteiger partial charge in [-0.25, -0.2) is 14.6 Å². The highest BCUT2D eigenvalue weighted by Crippen LogP contribution is 2.23. The van der Waals surface area contributed by atoms with Crippen LogP contribution in [0.4, 0.5) is 0 Å². The van der Waals surface area contributed by atoms with Crippen molar-refractivity contribution in [3.8, 4) is 17.4 Å². The minimum Gasteiger partial charge on any atom is -0.424 e. The molecule has 0 aliphatic carbocycles. The third-order valence-corrected chi connectivity index (χ3v) is 4.29. The van der Waals surface area contributed by atoms with E-state index in [1.165, 1.54) is 0 Å². The number of benzene rings is 2. The summed E-state index contributed by atoms with van der Waals surface area (Å²) in [5, 5.41) is 5.56. The van der Waals surface area contributed by atoms with Crippen molar-refractivity contribution in [3.05, 3.63) is 67.1 Å². The van der Waals surface area contributed by atoms with Gasteiger partial charge in [0.15, 0.2) is 0 Å². The van der Waals surface area contributed by atoms with Crippen LogP contribution in [0, 0.1) is 0 Å². The van der Waals surface area contributed by atoms with E-state index in [1.807, 2.05) is 65.7 Å². The average molecular weight is 334 g/mol. The van der Waals surface area contributed by atoms with E-state index < -0.39 is 0 Å². The largest absolute Gasteiger partial charge is 0.424 e. The van der Waals surface area contributed by atoms with E-state index in [-0.39, 0.29) is 0 Å². The molecule has 2 aromatic carbocycles. The first-order chi connectivity index (χ1) is 11.8. The molecule has 0 saturated carbocycles. The second-order valence-corrected chi connectivity index (χ2v) is 6.00. The lowest BCUT2D eigenvalue weighted by Crippen LogP contribution is -1.96. The van der Waals surface area contributed by atoms with Crippen LogP contribution in [0.3, 0.4) is 0 Å². The summed E-state index contributed by atoms with van der Waals surface area (Å²) in [4.78, 5) is 9.38. The number of hydrogen-bond acceptors (Lipinski definition) is 5. The molecule has 118 valence electrons. The molecule has 2 heterocycles. The van der Waals surface area contributed by atoms with Crippen LogP contribution in [-0.4, -0.2) is 26.0 Å². The summed E-state index contributed by atoms with van der Waals surface area (Å²) < 4.78 is 7.58. The first-order valence-electron chi connectivity index (χ1n) is 7.40. The minimum absolute atomic E-state index is 0.338. The van der Waals surface area contributed by atoms with E-state index in [4.69, 9.17) is 4.74 Å². The van der Waals surface area contributed by atoms with Gasteiger partial charge in [0.05, 0.1) is 17.4 Å². The molecule has 4 aromatic rings. The molecule has 0 amide bonds. The second kappa shape index (κ2) is 6.33. The fraction of sp³-hybridized carbons (Fsp3) is 0.0556. The molecular weight excluding hydrogens is 320 g/mol. The highest BCUT2D eigenvalue weighted by Gasteiger charge is 2.05. The maximum Gasteiger partial charge on any atom is 0.321 e. The van der Waals surface area contributed by atoms with Gasteiger partial charge >= 0.3 is 6.01 Å². The molecule has 0 radical (unpaired) electrons. The van der Waals surface area contributed by atoms with Gasteiger partial charge in [-0.05, 0) is 36.6 Å². The highest BCUT2D eigenvalue weighted by atomic mass is 32.2.